The summed E-state index contributed by atoms with van der Waals surface area (Å²) in [6.45, 7) is 3.77. The highest BCUT2D eigenvalue weighted by molar-refractivity contribution is 7.15. The summed E-state index contributed by atoms with van der Waals surface area (Å²) in [6, 6.07) is 5.68. The first-order valence-corrected chi connectivity index (χ1v) is 6.21. The molecule has 0 N–H and O–H groups in total. The Morgan fingerprint density at radius 1 is 1.28 bits per heavy atom. The Kier molecular flexibility index (Phi) is 3.39. The molecule has 0 saturated carbocycles. The van der Waals surface area contributed by atoms with Gasteiger partial charge in [0.25, 0.3) is 0 Å². The topological polar surface area (TPSA) is 36.7 Å². The largest absolute Gasteiger partial charge is 0.239 e. The number of halogens is 2. The van der Waals surface area contributed by atoms with Crippen molar-refractivity contribution in [2.45, 2.75) is 19.8 Å². The monoisotopic (exact) mass is 264 g/mol. The molecule has 1 heterocycles. The number of benzene rings is 1. The van der Waals surface area contributed by atoms with Crippen LogP contribution in [0.1, 0.15) is 30.3 Å². The molecular formula is C13H10F2N2S. The molecule has 0 fully saturated rings. The molecule has 0 aliphatic heterocycles. The van der Waals surface area contributed by atoms with E-state index in [1.54, 1.807) is 0 Å². The second kappa shape index (κ2) is 4.83. The fourth-order valence-electron chi connectivity index (χ4n) is 1.61. The smallest absolute Gasteiger partial charge is 0.136 e. The normalized spacial score (nSPS) is 10.7. The van der Waals surface area contributed by atoms with Crippen LogP contribution in [0.5, 0.6) is 0 Å². The van der Waals surface area contributed by atoms with Crippen molar-refractivity contribution in [1.29, 1.82) is 5.26 Å². The second-order valence-corrected chi connectivity index (χ2v) is 5.10. The molecule has 1 aromatic heterocycles. The van der Waals surface area contributed by atoms with E-state index in [1.807, 2.05) is 19.9 Å². The Balaban J connectivity index is 2.63. The molecule has 18 heavy (non-hydrogen) atoms. The minimum atomic E-state index is -0.663. The van der Waals surface area contributed by atoms with Gasteiger partial charge in [0, 0.05) is 0 Å². The zero-order valence-corrected chi connectivity index (χ0v) is 10.7. The van der Waals surface area contributed by atoms with E-state index < -0.39 is 11.6 Å². The van der Waals surface area contributed by atoms with Crippen LogP contribution in [-0.2, 0) is 0 Å². The lowest BCUT2D eigenvalue weighted by Gasteiger charge is -2.01. The lowest BCUT2D eigenvalue weighted by molar-refractivity contribution is 0.589. The summed E-state index contributed by atoms with van der Waals surface area (Å²) in [4.78, 5) is 4.59. The molecule has 2 aromatic rings. The number of aromatic nitrogens is 1. The minimum absolute atomic E-state index is 0.0412. The maximum Gasteiger partial charge on any atom is 0.136 e. The van der Waals surface area contributed by atoms with Gasteiger partial charge in [-0.1, -0.05) is 19.9 Å². The van der Waals surface area contributed by atoms with Gasteiger partial charge in [-0.2, -0.15) is 5.26 Å². The van der Waals surface area contributed by atoms with Gasteiger partial charge in [0.2, 0.25) is 0 Å². The van der Waals surface area contributed by atoms with Gasteiger partial charge in [0.05, 0.1) is 11.3 Å². The standard InChI is InChI=1S/C13H10F2N2S/c1-7(2)12-10(6-16)18-13(17-12)11-8(14)4-3-5-9(11)15/h3-5,7H,1-2H3. The van der Waals surface area contributed by atoms with Crippen molar-refractivity contribution in [3.05, 3.63) is 40.4 Å². The van der Waals surface area contributed by atoms with Gasteiger partial charge in [-0.05, 0) is 18.1 Å². The highest BCUT2D eigenvalue weighted by atomic mass is 32.1. The Labute approximate surface area is 108 Å². The number of hydrogen-bond donors (Lipinski definition) is 0. The summed E-state index contributed by atoms with van der Waals surface area (Å²) in [7, 11) is 0. The van der Waals surface area contributed by atoms with Crippen molar-refractivity contribution in [2.75, 3.05) is 0 Å². The number of thiazole rings is 1. The molecule has 0 bridgehead atoms. The minimum Gasteiger partial charge on any atom is -0.239 e. The van der Waals surface area contributed by atoms with Gasteiger partial charge in [-0.25, -0.2) is 13.8 Å². The van der Waals surface area contributed by atoms with Crippen molar-refractivity contribution in [3.63, 3.8) is 0 Å². The van der Waals surface area contributed by atoms with Gasteiger partial charge in [0.1, 0.15) is 27.6 Å². The SMILES string of the molecule is CC(C)c1nc(-c2c(F)cccc2F)sc1C#N. The van der Waals surface area contributed by atoms with Gasteiger partial charge in [-0.15, -0.1) is 11.3 Å². The van der Waals surface area contributed by atoms with Gasteiger partial charge in [0.15, 0.2) is 0 Å². The first kappa shape index (κ1) is 12.7. The third-order valence-corrected chi connectivity index (χ3v) is 3.47. The van der Waals surface area contributed by atoms with Crippen molar-refractivity contribution < 1.29 is 8.78 Å². The van der Waals surface area contributed by atoms with Crippen molar-refractivity contribution in [3.8, 4) is 16.6 Å². The lowest BCUT2D eigenvalue weighted by atomic mass is 10.1. The Hall–Kier alpha value is -1.80. The molecule has 0 aliphatic carbocycles. The van der Waals surface area contributed by atoms with Crippen LogP contribution in [0.2, 0.25) is 0 Å². The first-order chi connectivity index (χ1) is 8.54. The van der Waals surface area contributed by atoms with E-state index >= 15 is 0 Å². The van der Waals surface area contributed by atoms with E-state index in [0.29, 0.717) is 10.6 Å². The van der Waals surface area contributed by atoms with E-state index in [4.69, 9.17) is 5.26 Å². The molecule has 2 nitrogen and oxygen atoms in total. The van der Waals surface area contributed by atoms with Crippen LogP contribution in [0, 0.1) is 23.0 Å². The predicted molar refractivity (Wildman–Crippen MR) is 66.3 cm³/mol. The van der Waals surface area contributed by atoms with Crippen LogP contribution >= 0.6 is 11.3 Å². The number of nitrogens with zero attached hydrogens (tertiary/aromatic N) is 2. The Bertz CT molecular complexity index is 606. The highest BCUT2D eigenvalue weighted by Gasteiger charge is 2.19. The lowest BCUT2D eigenvalue weighted by Crippen LogP contribution is -1.92. The van der Waals surface area contributed by atoms with E-state index in [9.17, 15) is 8.78 Å². The highest BCUT2D eigenvalue weighted by Crippen LogP contribution is 2.33. The van der Waals surface area contributed by atoms with E-state index in [2.05, 4.69) is 4.98 Å². The zero-order valence-electron chi connectivity index (χ0n) is 9.87. The maximum atomic E-state index is 13.6. The molecule has 0 spiro atoms. The summed E-state index contributed by atoms with van der Waals surface area (Å²) in [6.07, 6.45) is 0. The van der Waals surface area contributed by atoms with E-state index in [1.165, 1.54) is 18.2 Å². The van der Waals surface area contributed by atoms with Crippen LogP contribution in [0.3, 0.4) is 0 Å². The van der Waals surface area contributed by atoms with E-state index in [-0.39, 0.29) is 16.5 Å². The summed E-state index contributed by atoms with van der Waals surface area (Å²) in [5.74, 6) is -1.29. The molecule has 5 heteroatoms. The molecule has 2 rings (SSSR count). The molecule has 0 unspecified atom stereocenters. The van der Waals surface area contributed by atoms with Gasteiger partial charge >= 0.3 is 0 Å². The van der Waals surface area contributed by atoms with Crippen molar-refractivity contribution in [1.82, 2.24) is 4.98 Å². The first-order valence-electron chi connectivity index (χ1n) is 5.39. The Morgan fingerprint density at radius 3 is 2.33 bits per heavy atom. The van der Waals surface area contributed by atoms with Crippen LogP contribution in [0.4, 0.5) is 8.78 Å². The van der Waals surface area contributed by atoms with Crippen LogP contribution in [0.15, 0.2) is 18.2 Å². The van der Waals surface area contributed by atoms with Crippen LogP contribution in [0.25, 0.3) is 10.6 Å². The third kappa shape index (κ3) is 2.12. The summed E-state index contributed by atoms with van der Waals surface area (Å²) < 4.78 is 27.3. The number of hydrogen-bond acceptors (Lipinski definition) is 3. The molecule has 1 aromatic carbocycles. The van der Waals surface area contributed by atoms with Gasteiger partial charge < -0.3 is 0 Å². The molecule has 0 atom stereocenters. The fraction of sp³-hybridized carbons (Fsp3) is 0.231. The quantitative estimate of drug-likeness (QED) is 0.819. The number of rotatable bonds is 2. The molecular weight excluding hydrogens is 254 g/mol. The molecule has 0 aliphatic rings. The maximum absolute atomic E-state index is 13.6. The molecule has 92 valence electrons. The fourth-order valence-corrected chi connectivity index (χ4v) is 2.68. The summed E-state index contributed by atoms with van der Waals surface area (Å²) in [5, 5.41) is 9.21. The van der Waals surface area contributed by atoms with Gasteiger partial charge in [-0.3, -0.25) is 0 Å². The summed E-state index contributed by atoms with van der Waals surface area (Å²) >= 11 is 1.02. The molecule has 0 amide bonds. The second-order valence-electron chi connectivity index (χ2n) is 4.10. The van der Waals surface area contributed by atoms with Crippen LogP contribution in [-0.4, -0.2) is 4.98 Å². The zero-order chi connectivity index (χ0) is 13.3. The average Bonchev–Trinajstić information content (AvgIpc) is 2.73. The third-order valence-electron chi connectivity index (χ3n) is 2.48. The van der Waals surface area contributed by atoms with Crippen molar-refractivity contribution >= 4 is 11.3 Å². The average molecular weight is 264 g/mol. The number of nitriles is 1. The predicted octanol–water partition coefficient (Wildman–Crippen LogP) is 4.08. The molecule has 0 radical (unpaired) electrons. The van der Waals surface area contributed by atoms with Crippen molar-refractivity contribution in [2.24, 2.45) is 0 Å². The summed E-state index contributed by atoms with van der Waals surface area (Å²) in [5.41, 5.74) is 0.422. The molecule has 0 saturated heterocycles. The Morgan fingerprint density at radius 2 is 1.89 bits per heavy atom. The van der Waals surface area contributed by atoms with Crippen LogP contribution < -0.4 is 0 Å². The van der Waals surface area contributed by atoms with E-state index in [0.717, 1.165) is 11.3 Å².